The predicted molar refractivity (Wildman–Crippen MR) is 117 cm³/mol. The standard InChI is InChI=1S/C23H23F3N4O2S/c1-22(2,3)30-21-17(13-28-30)20(14-6-7-14)29(18-5-4-12-27-19(18)21)33(31,32)16-10-8-15(9-11-16)23(24,25)26/h4-5,8-14,20H,6-7H2,1-3H3. The average molecular weight is 477 g/mol. The molecule has 6 nitrogen and oxygen atoms in total. The van der Waals surface area contributed by atoms with Gasteiger partial charge in [-0.15, -0.1) is 0 Å². The van der Waals surface area contributed by atoms with Crippen LogP contribution in [-0.4, -0.2) is 23.2 Å². The van der Waals surface area contributed by atoms with Crippen LogP contribution in [0.4, 0.5) is 18.9 Å². The van der Waals surface area contributed by atoms with E-state index in [0.29, 0.717) is 11.4 Å². The summed E-state index contributed by atoms with van der Waals surface area (Å²) in [6, 6.07) is 6.51. The molecule has 2 aliphatic rings. The molecule has 0 radical (unpaired) electrons. The molecule has 1 saturated carbocycles. The lowest BCUT2D eigenvalue weighted by molar-refractivity contribution is -0.137. The Bertz CT molecular complexity index is 1320. The minimum atomic E-state index is -4.54. The third-order valence-electron chi connectivity index (χ3n) is 6.06. The number of rotatable bonds is 3. The van der Waals surface area contributed by atoms with Crippen molar-refractivity contribution in [2.24, 2.45) is 5.92 Å². The zero-order valence-electron chi connectivity index (χ0n) is 18.3. The number of halogens is 3. The van der Waals surface area contributed by atoms with Crippen LogP contribution in [0.15, 0.2) is 53.7 Å². The summed E-state index contributed by atoms with van der Waals surface area (Å²) in [7, 11) is -4.17. The van der Waals surface area contributed by atoms with Crippen molar-refractivity contribution in [2.45, 2.75) is 56.3 Å². The Balaban J connectivity index is 1.70. The maximum absolute atomic E-state index is 13.9. The van der Waals surface area contributed by atoms with Gasteiger partial charge in [-0.1, -0.05) is 0 Å². The Hall–Kier alpha value is -2.88. The fourth-order valence-corrected chi connectivity index (χ4v) is 6.12. The molecule has 0 saturated heterocycles. The Morgan fingerprint density at radius 1 is 1.03 bits per heavy atom. The second kappa shape index (κ2) is 7.06. The Kier molecular flexibility index (Phi) is 4.69. The molecule has 1 fully saturated rings. The highest BCUT2D eigenvalue weighted by Gasteiger charge is 2.48. The van der Waals surface area contributed by atoms with E-state index in [1.165, 1.54) is 4.31 Å². The van der Waals surface area contributed by atoms with E-state index in [4.69, 9.17) is 0 Å². The minimum absolute atomic E-state index is 0.0962. The smallest absolute Gasteiger partial charge is 0.258 e. The van der Waals surface area contributed by atoms with Gasteiger partial charge in [-0.2, -0.15) is 18.3 Å². The molecular formula is C23H23F3N4O2S. The first-order valence-corrected chi connectivity index (χ1v) is 12.1. The monoisotopic (exact) mass is 476 g/mol. The molecule has 1 aliphatic heterocycles. The van der Waals surface area contributed by atoms with Crippen LogP contribution in [0.25, 0.3) is 11.4 Å². The van der Waals surface area contributed by atoms with Gasteiger partial charge in [0.15, 0.2) is 0 Å². The van der Waals surface area contributed by atoms with Gasteiger partial charge >= 0.3 is 6.18 Å². The fourth-order valence-electron chi connectivity index (χ4n) is 4.42. The molecule has 0 bridgehead atoms. The van der Waals surface area contributed by atoms with E-state index in [9.17, 15) is 21.6 Å². The van der Waals surface area contributed by atoms with E-state index < -0.39 is 27.8 Å². The fraction of sp³-hybridized carbons (Fsp3) is 0.391. The van der Waals surface area contributed by atoms with E-state index in [1.54, 1.807) is 24.5 Å². The SMILES string of the molecule is CC(C)(C)n1ncc2c1-c1ncccc1N(S(=O)(=O)c1ccc(C(F)(F)F)cc1)C2C1CC1. The third kappa shape index (κ3) is 3.51. The maximum atomic E-state index is 13.9. The lowest BCUT2D eigenvalue weighted by atomic mass is 9.95. The summed E-state index contributed by atoms with van der Waals surface area (Å²) >= 11 is 0. The molecule has 1 aliphatic carbocycles. The number of pyridine rings is 1. The molecule has 10 heteroatoms. The zero-order valence-corrected chi connectivity index (χ0v) is 19.2. The van der Waals surface area contributed by atoms with Gasteiger partial charge in [0, 0.05) is 11.8 Å². The number of aromatic nitrogens is 3. The molecule has 174 valence electrons. The molecule has 0 N–H and O–H groups in total. The van der Waals surface area contributed by atoms with Crippen molar-refractivity contribution in [3.63, 3.8) is 0 Å². The Morgan fingerprint density at radius 2 is 1.70 bits per heavy atom. The van der Waals surface area contributed by atoms with Crippen molar-refractivity contribution in [1.82, 2.24) is 14.8 Å². The zero-order chi connectivity index (χ0) is 23.8. The van der Waals surface area contributed by atoms with Gasteiger partial charge in [0.05, 0.1) is 39.6 Å². The summed E-state index contributed by atoms with van der Waals surface area (Å²) in [5, 5.41) is 4.59. The molecule has 5 rings (SSSR count). The first-order chi connectivity index (χ1) is 15.4. The quantitative estimate of drug-likeness (QED) is 0.509. The number of hydrogen-bond donors (Lipinski definition) is 0. The second-order valence-corrected chi connectivity index (χ2v) is 11.3. The van der Waals surface area contributed by atoms with Crippen LogP contribution in [-0.2, 0) is 21.7 Å². The van der Waals surface area contributed by atoms with Crippen LogP contribution >= 0.6 is 0 Å². The maximum Gasteiger partial charge on any atom is 0.416 e. The summed E-state index contributed by atoms with van der Waals surface area (Å²) in [5.74, 6) is 0.0962. The summed E-state index contributed by atoms with van der Waals surface area (Å²) in [6.07, 6.45) is 0.481. The minimum Gasteiger partial charge on any atom is -0.258 e. The van der Waals surface area contributed by atoms with Crippen LogP contribution in [0.3, 0.4) is 0 Å². The molecule has 2 aromatic heterocycles. The lowest BCUT2D eigenvalue weighted by Gasteiger charge is -2.38. The lowest BCUT2D eigenvalue weighted by Crippen LogP contribution is -2.39. The summed E-state index contributed by atoms with van der Waals surface area (Å²) in [4.78, 5) is 4.32. The number of fused-ring (bicyclic) bond motifs is 3. The average Bonchev–Trinajstić information content (AvgIpc) is 3.48. The molecule has 0 amide bonds. The first-order valence-electron chi connectivity index (χ1n) is 10.7. The van der Waals surface area contributed by atoms with Crippen LogP contribution < -0.4 is 4.31 Å². The summed E-state index contributed by atoms with van der Waals surface area (Å²) in [5.41, 5.74) is 1.21. The van der Waals surface area contributed by atoms with Crippen LogP contribution in [0.1, 0.15) is 50.8 Å². The van der Waals surface area contributed by atoms with Gasteiger partial charge in [0.1, 0.15) is 5.69 Å². The second-order valence-electron chi connectivity index (χ2n) is 9.51. The summed E-state index contributed by atoms with van der Waals surface area (Å²) in [6.45, 7) is 6.04. The number of anilines is 1. The summed E-state index contributed by atoms with van der Waals surface area (Å²) < 4.78 is 70.0. The molecule has 33 heavy (non-hydrogen) atoms. The van der Waals surface area contributed by atoms with Gasteiger partial charge < -0.3 is 0 Å². The van der Waals surface area contributed by atoms with Crippen molar-refractivity contribution in [2.75, 3.05) is 4.31 Å². The van der Waals surface area contributed by atoms with Crippen molar-refractivity contribution in [3.8, 4) is 11.4 Å². The van der Waals surface area contributed by atoms with E-state index in [1.807, 2.05) is 25.5 Å². The molecule has 3 aromatic rings. The van der Waals surface area contributed by atoms with E-state index in [-0.39, 0.29) is 16.4 Å². The topological polar surface area (TPSA) is 68.1 Å². The van der Waals surface area contributed by atoms with Gasteiger partial charge in [-0.3, -0.25) is 14.0 Å². The van der Waals surface area contributed by atoms with Crippen molar-refractivity contribution in [1.29, 1.82) is 0 Å². The number of alkyl halides is 3. The van der Waals surface area contributed by atoms with Gasteiger partial charge in [0.25, 0.3) is 10.0 Å². The normalized spacial score (nSPS) is 18.7. The molecule has 1 atom stereocenters. The number of benzene rings is 1. The third-order valence-corrected chi connectivity index (χ3v) is 7.87. The molecule has 0 spiro atoms. The van der Waals surface area contributed by atoms with Gasteiger partial charge in [-0.05, 0) is 75.9 Å². The Labute approximate surface area is 190 Å². The molecule has 1 aromatic carbocycles. The number of sulfonamides is 1. The van der Waals surface area contributed by atoms with Crippen LogP contribution in [0.5, 0.6) is 0 Å². The first kappa shape index (κ1) is 21.9. The highest BCUT2D eigenvalue weighted by Crippen LogP contribution is 2.55. The predicted octanol–water partition coefficient (Wildman–Crippen LogP) is 5.38. The molecule has 3 heterocycles. The van der Waals surface area contributed by atoms with E-state index >= 15 is 0 Å². The largest absolute Gasteiger partial charge is 0.416 e. The highest BCUT2D eigenvalue weighted by molar-refractivity contribution is 7.92. The van der Waals surface area contributed by atoms with Crippen molar-refractivity contribution < 1.29 is 21.6 Å². The number of hydrogen-bond acceptors (Lipinski definition) is 4. The van der Waals surface area contributed by atoms with Gasteiger partial charge in [0.2, 0.25) is 0 Å². The number of nitrogens with zero attached hydrogens (tertiary/aromatic N) is 4. The van der Waals surface area contributed by atoms with Crippen LogP contribution in [0, 0.1) is 5.92 Å². The Morgan fingerprint density at radius 3 is 2.27 bits per heavy atom. The van der Waals surface area contributed by atoms with E-state index in [2.05, 4.69) is 10.1 Å². The molecular weight excluding hydrogens is 453 g/mol. The highest BCUT2D eigenvalue weighted by atomic mass is 32.2. The molecule has 1 unspecified atom stereocenters. The van der Waals surface area contributed by atoms with Crippen LogP contribution in [0.2, 0.25) is 0 Å². The van der Waals surface area contributed by atoms with Gasteiger partial charge in [-0.25, -0.2) is 8.42 Å². The van der Waals surface area contributed by atoms with Crippen molar-refractivity contribution in [3.05, 3.63) is 59.9 Å². The van der Waals surface area contributed by atoms with E-state index in [0.717, 1.165) is 48.4 Å². The van der Waals surface area contributed by atoms with Crippen molar-refractivity contribution >= 4 is 15.7 Å².